The number of aromatic nitrogens is 9. The van der Waals surface area contributed by atoms with Gasteiger partial charge in [0, 0.05) is 217 Å². The first-order valence-corrected chi connectivity index (χ1v) is 50.4. The molecule has 0 spiro atoms. The maximum atomic E-state index is 12.5. The zero-order valence-electron chi connectivity index (χ0n) is 86.6. The third-order valence-corrected chi connectivity index (χ3v) is 27.4. The van der Waals surface area contributed by atoms with Crippen LogP contribution in [0.15, 0.2) is 268 Å². The summed E-state index contributed by atoms with van der Waals surface area (Å²) in [4.78, 5) is 135. The molecule has 0 unspecified atom stereocenters. The van der Waals surface area contributed by atoms with Gasteiger partial charge in [-0.15, -0.1) is 5.10 Å². The summed E-state index contributed by atoms with van der Waals surface area (Å²) in [6.07, 6.45) is 12.4. The van der Waals surface area contributed by atoms with E-state index in [9.17, 15) is 38.4 Å². The lowest BCUT2D eigenvalue weighted by Gasteiger charge is -2.17. The van der Waals surface area contributed by atoms with E-state index in [1.807, 2.05) is 237 Å². The van der Waals surface area contributed by atoms with Crippen LogP contribution in [0.5, 0.6) is 5.75 Å². The van der Waals surface area contributed by atoms with Gasteiger partial charge in [0.1, 0.15) is 46.4 Å². The fraction of sp³-hybridized carbons (Fsp3) is 0.299. The number of nitrogens with one attached hydrogen (secondary N) is 6. The van der Waals surface area contributed by atoms with E-state index in [4.69, 9.17) is 9.47 Å². The van der Waals surface area contributed by atoms with Crippen molar-refractivity contribution in [3.8, 4) is 17.0 Å². The summed E-state index contributed by atoms with van der Waals surface area (Å²) in [5, 5.41) is 28.7. The summed E-state index contributed by atoms with van der Waals surface area (Å²) in [7, 11) is 5.15. The van der Waals surface area contributed by atoms with Crippen molar-refractivity contribution in [3.63, 3.8) is 0 Å². The predicted octanol–water partition coefficient (Wildman–Crippen LogP) is 20.4. The summed E-state index contributed by atoms with van der Waals surface area (Å²) in [5.41, 5.74) is 21.4. The van der Waals surface area contributed by atoms with Crippen LogP contribution in [0, 0.1) is 0 Å². The number of methoxy groups -OCH3 is 2. The fourth-order valence-corrected chi connectivity index (χ4v) is 18.5. The Morgan fingerprint density at radius 2 is 0.595 bits per heavy atom. The first kappa shape index (κ1) is 106. The Hall–Kier alpha value is -16.7. The van der Waals surface area contributed by atoms with Crippen molar-refractivity contribution in [3.05, 3.63) is 385 Å². The molecule has 0 saturated carbocycles. The normalized spacial score (nSPS) is 14.4. The third kappa shape index (κ3) is 24.9. The number of hydrogen-bond acceptors (Lipinski definition) is 24. The molecule has 6 atom stereocenters. The quantitative estimate of drug-likeness (QED) is 0.0213. The van der Waals surface area contributed by atoms with Crippen LogP contribution in [0.4, 0.5) is 34.9 Å². The lowest BCUT2D eigenvalue weighted by atomic mass is 10.00. The van der Waals surface area contributed by atoms with Crippen LogP contribution in [0.2, 0.25) is 0 Å². The van der Waals surface area contributed by atoms with Gasteiger partial charge in [0.25, 0.3) is 35.4 Å². The van der Waals surface area contributed by atoms with Crippen molar-refractivity contribution in [2.45, 2.75) is 165 Å². The predicted molar refractivity (Wildman–Crippen MR) is 576 cm³/mol. The van der Waals surface area contributed by atoms with E-state index >= 15 is 0 Å². The number of amides is 6. The van der Waals surface area contributed by atoms with Crippen LogP contribution in [0.1, 0.15) is 275 Å². The third-order valence-electron chi connectivity index (χ3n) is 27.4. The molecule has 6 N–H and O–H groups in total. The van der Waals surface area contributed by atoms with Crippen molar-refractivity contribution in [1.82, 2.24) is 74.3 Å². The van der Waals surface area contributed by atoms with E-state index in [2.05, 4.69) is 143 Å². The maximum absolute atomic E-state index is 12.5. The molecule has 6 amide bonds. The molecule has 0 aliphatic carbocycles. The SMILES string of the molecule is CCN1Cc2c(ccnc2N[C@@H](C)c2ccc(-c3cn(C)nn3)cc2)C1=O.CCN1Cc2c(ccnc2N[C@@H](C)c2ccc(C(=O)Cc3ccccc3)cc2)C1=O.CCN1Cc2c(ccnc2N[C@@H](C)c2ccc(C(C)=O)cc2)C1=O.CCN1Cc2c(ccnc2N[C@@H](C)c2ccc(OC)cc2)C1=O.CCN1Cc2c(ccnc2N[C@@H](C)c2ccccc2)C1=O.COCCN1Cc2c(ccnc2N[C@@H](C)c2ccccc2)C1=O. The number of benzene rings is 7. The summed E-state index contributed by atoms with van der Waals surface area (Å²) < 4.78 is 12.0. The zero-order chi connectivity index (χ0) is 105. The van der Waals surface area contributed by atoms with Gasteiger partial charge in [-0.05, 0) is 171 Å². The number of carbonyl (C=O) groups excluding carboxylic acids is 8. The topological polar surface area (TPSA) is 355 Å². The Labute approximate surface area is 864 Å². The molecule has 7 aromatic heterocycles. The highest BCUT2D eigenvalue weighted by atomic mass is 16.5. The molecule has 0 radical (unpaired) electrons. The van der Waals surface area contributed by atoms with E-state index in [1.54, 1.807) is 98.2 Å². The smallest absolute Gasteiger partial charge is 0.254 e. The van der Waals surface area contributed by atoms with Crippen molar-refractivity contribution in [2.24, 2.45) is 7.05 Å². The summed E-state index contributed by atoms with van der Waals surface area (Å²) in [6, 6.07) is 72.9. The average Bonchev–Trinajstić information content (AvgIpc) is 1.67. The molecule has 31 heteroatoms. The van der Waals surface area contributed by atoms with E-state index in [-0.39, 0.29) is 83.3 Å². The highest BCUT2D eigenvalue weighted by Crippen LogP contribution is 2.39. The molecule has 6 aliphatic heterocycles. The lowest BCUT2D eigenvalue weighted by Crippen LogP contribution is -2.27. The molecule has 7 aromatic carbocycles. The minimum absolute atomic E-state index is 0.00643. The van der Waals surface area contributed by atoms with Gasteiger partial charge in [0.15, 0.2) is 11.6 Å². The first-order chi connectivity index (χ1) is 71.7. The molecule has 0 saturated heterocycles. The van der Waals surface area contributed by atoms with Crippen LogP contribution >= 0.6 is 0 Å². The van der Waals surface area contributed by atoms with Gasteiger partial charge in [0.2, 0.25) is 0 Å². The van der Waals surface area contributed by atoms with Crippen LogP contribution in [-0.2, 0) is 57.5 Å². The molecular weight excluding hydrogens is 1860 g/mol. The second-order valence-corrected chi connectivity index (χ2v) is 37.0. The molecule has 0 bridgehead atoms. The Kier molecular flexibility index (Phi) is 35.1. The summed E-state index contributed by atoms with van der Waals surface area (Å²) >= 11 is 0. The van der Waals surface area contributed by atoms with Crippen LogP contribution in [-0.4, -0.2) is 181 Å². The molecule has 6 aliphatic rings. The monoisotopic (exact) mass is 1990 g/mol. The molecule has 13 heterocycles. The molecule has 0 fully saturated rings. The van der Waals surface area contributed by atoms with Crippen LogP contribution in [0.3, 0.4) is 0 Å². The number of pyridine rings is 6. The van der Waals surface area contributed by atoms with Gasteiger partial charge in [-0.3, -0.25) is 43.0 Å². The molecular formula is C117H129N21O10. The number of ether oxygens (including phenoxy) is 2. The van der Waals surface area contributed by atoms with Crippen molar-refractivity contribution >= 4 is 81.9 Å². The van der Waals surface area contributed by atoms with Crippen molar-refractivity contribution < 1.29 is 47.8 Å². The first-order valence-electron chi connectivity index (χ1n) is 50.4. The minimum atomic E-state index is -0.00643. The number of rotatable bonds is 32. The number of ketones is 2. The molecule has 14 aromatic rings. The minimum Gasteiger partial charge on any atom is -0.497 e. The Balaban J connectivity index is 0.000000133. The summed E-state index contributed by atoms with van der Waals surface area (Å²) in [5.74, 6) is 6.11. The molecule has 31 nitrogen and oxygen atoms in total. The van der Waals surface area contributed by atoms with Gasteiger partial charge < -0.3 is 70.8 Å². The molecule has 762 valence electrons. The number of hydrogen-bond donors (Lipinski definition) is 6. The molecule has 20 rings (SSSR count). The van der Waals surface area contributed by atoms with Crippen LogP contribution in [0.25, 0.3) is 11.3 Å². The van der Waals surface area contributed by atoms with Gasteiger partial charge in [-0.2, -0.15) is 0 Å². The standard InChI is InChI=1S/C25H25N3O2.C20H22N6O.C19H21N3O2.2C18H21N3O2.C17H19N3O/c1-3-28-16-22-21(25(28)30)13-14-26-24(22)27-17(2)19-9-11-20(12-10-19)23(29)15-18-7-5-4-6-8-18;1-4-26-11-17-16(20(26)27)9-10-21-19(17)22-13(2)14-5-7-15(8-6-14)18-12-25(3)24-23-18;1-4-22-11-17-16(19(22)24)9-10-20-18(17)21-12(2)14-5-7-15(8-6-14)13(3)23;1-13(14-6-4-3-5-7-14)20-17-16-12-21(10-11-23-2)18(22)15(16)8-9-19-17;1-4-21-11-16-15(18(21)22)9-10-19-17(16)20-12(2)13-5-7-14(23-3)8-6-13;1-3-20-11-15-14(17(20)21)9-10-18-16(15)19-12(2)13-7-5-4-6-8-13/h4-14,17H,3,15-16H2,1-2H3,(H,26,27);5-10,12-13H,4,11H2,1-3H3,(H,21,22);5-10,12H,4,11H2,1-3H3,(H,20,21);3-9,13H,10-12H2,1-2H3,(H,19,20);5-10,12H,4,11H2,1-3H3,(H,19,20);4-10,12H,3,11H2,1-2H3,(H,18,19)/t17-;13-;12-;13-;2*12-/m000000/s1. The zero-order valence-corrected chi connectivity index (χ0v) is 86.6. The number of fused-ring (bicyclic) bond motifs is 6. The second-order valence-electron chi connectivity index (χ2n) is 37.0. The number of anilines is 6. The Morgan fingerprint density at radius 3 is 0.865 bits per heavy atom. The van der Waals surface area contributed by atoms with Gasteiger partial charge in [0.05, 0.1) is 59.2 Å². The molecule has 148 heavy (non-hydrogen) atoms. The maximum Gasteiger partial charge on any atom is 0.254 e. The largest absolute Gasteiger partial charge is 0.497 e. The second kappa shape index (κ2) is 49.3. The summed E-state index contributed by atoms with van der Waals surface area (Å²) in [6.45, 7) is 32.2. The van der Waals surface area contributed by atoms with Gasteiger partial charge in [-0.1, -0.05) is 181 Å². The highest BCUT2D eigenvalue weighted by molar-refractivity contribution is 6.04. The number of carbonyl (C=O) groups is 8. The van der Waals surface area contributed by atoms with Crippen LogP contribution < -0.4 is 36.6 Å². The Morgan fingerprint density at radius 1 is 0.331 bits per heavy atom. The van der Waals surface area contributed by atoms with Gasteiger partial charge >= 0.3 is 0 Å². The van der Waals surface area contributed by atoms with E-state index in [1.165, 1.54) is 11.1 Å². The van der Waals surface area contributed by atoms with E-state index < -0.39 is 0 Å². The van der Waals surface area contributed by atoms with E-state index in [0.29, 0.717) is 96.1 Å². The number of aryl methyl sites for hydroxylation is 1. The highest BCUT2D eigenvalue weighted by Gasteiger charge is 2.37. The fourth-order valence-electron chi connectivity index (χ4n) is 18.5. The van der Waals surface area contributed by atoms with Crippen molar-refractivity contribution in [2.75, 3.05) is 92.0 Å². The Bertz CT molecular complexity index is 7020. The number of Topliss-reactive ketones (excluding diaryl/α,β-unsaturated/α-hetero) is 2. The van der Waals surface area contributed by atoms with Crippen molar-refractivity contribution in [1.29, 1.82) is 0 Å². The van der Waals surface area contributed by atoms with E-state index in [0.717, 1.165) is 153 Å². The van der Waals surface area contributed by atoms with Gasteiger partial charge in [-0.25, -0.2) is 29.9 Å². The lowest BCUT2D eigenvalue weighted by molar-refractivity contribution is 0.0717. The number of nitrogens with zero attached hydrogens (tertiary/aromatic N) is 15. The average molecular weight is 1990 g/mol.